The maximum atomic E-state index is 12.3. The summed E-state index contributed by atoms with van der Waals surface area (Å²) in [7, 11) is 0. The Morgan fingerprint density at radius 1 is 1.13 bits per heavy atom. The number of amides is 1. The third-order valence-corrected chi connectivity index (χ3v) is 4.00. The van der Waals surface area contributed by atoms with Gasteiger partial charge < -0.3 is 9.84 Å². The van der Waals surface area contributed by atoms with Crippen molar-refractivity contribution >= 4 is 21.8 Å². The quantitative estimate of drug-likeness (QED) is 0.752. The molecule has 0 radical (unpaired) electrons. The first-order valence-corrected chi connectivity index (χ1v) is 7.89. The zero-order valence-corrected chi connectivity index (χ0v) is 13.9. The van der Waals surface area contributed by atoms with Gasteiger partial charge in [0.05, 0.1) is 5.56 Å². The number of halogens is 1. The lowest BCUT2D eigenvalue weighted by atomic mass is 10.2. The van der Waals surface area contributed by atoms with Crippen molar-refractivity contribution < 1.29 is 9.32 Å². The normalized spacial score (nSPS) is 11.9. The van der Waals surface area contributed by atoms with Gasteiger partial charge in [-0.3, -0.25) is 4.79 Å². The molecule has 0 spiro atoms. The standard InChI is InChI=1S/C17H14BrN3O2/c1-11(19-16(22)13-9-5-6-10-14(13)18)17-20-15(21-23-17)12-7-3-2-4-8-12/h2-11H,1H3,(H,19,22)/t11-/m0/s1. The molecule has 1 aromatic heterocycles. The zero-order valence-electron chi connectivity index (χ0n) is 12.4. The molecule has 5 nitrogen and oxygen atoms in total. The van der Waals surface area contributed by atoms with E-state index in [1.807, 2.05) is 48.5 Å². The third-order valence-electron chi connectivity index (χ3n) is 3.31. The largest absolute Gasteiger partial charge is 0.340 e. The second kappa shape index (κ2) is 6.75. The number of nitrogens with zero attached hydrogens (tertiary/aromatic N) is 2. The van der Waals surface area contributed by atoms with E-state index < -0.39 is 0 Å². The van der Waals surface area contributed by atoms with Gasteiger partial charge in [-0.25, -0.2) is 0 Å². The molecule has 1 amide bonds. The smallest absolute Gasteiger partial charge is 0.253 e. The molecule has 2 aromatic carbocycles. The first-order chi connectivity index (χ1) is 11.1. The summed E-state index contributed by atoms with van der Waals surface area (Å²) in [6.07, 6.45) is 0. The number of nitrogens with one attached hydrogen (secondary N) is 1. The summed E-state index contributed by atoms with van der Waals surface area (Å²) in [5.74, 6) is 0.663. The lowest BCUT2D eigenvalue weighted by Crippen LogP contribution is -2.27. The molecule has 0 saturated heterocycles. The maximum absolute atomic E-state index is 12.3. The zero-order chi connectivity index (χ0) is 16.2. The van der Waals surface area contributed by atoms with Crippen LogP contribution in [0.5, 0.6) is 0 Å². The van der Waals surface area contributed by atoms with Crippen LogP contribution in [0.25, 0.3) is 11.4 Å². The molecule has 23 heavy (non-hydrogen) atoms. The predicted molar refractivity (Wildman–Crippen MR) is 89.8 cm³/mol. The van der Waals surface area contributed by atoms with Crippen molar-refractivity contribution in [3.8, 4) is 11.4 Å². The highest BCUT2D eigenvalue weighted by molar-refractivity contribution is 9.10. The van der Waals surface area contributed by atoms with Crippen LogP contribution in [0.2, 0.25) is 0 Å². The van der Waals surface area contributed by atoms with Gasteiger partial charge in [-0.05, 0) is 35.0 Å². The topological polar surface area (TPSA) is 68.0 Å². The van der Waals surface area contributed by atoms with Gasteiger partial charge in [-0.2, -0.15) is 4.98 Å². The summed E-state index contributed by atoms with van der Waals surface area (Å²) in [6.45, 7) is 1.80. The molecule has 3 rings (SSSR count). The van der Waals surface area contributed by atoms with Gasteiger partial charge in [0, 0.05) is 10.0 Å². The van der Waals surface area contributed by atoms with Crippen molar-refractivity contribution in [3.05, 3.63) is 70.5 Å². The predicted octanol–water partition coefficient (Wildman–Crippen LogP) is 3.99. The molecule has 116 valence electrons. The Hall–Kier alpha value is -2.47. The molecule has 0 aliphatic carbocycles. The van der Waals surface area contributed by atoms with Gasteiger partial charge in [-0.1, -0.05) is 47.6 Å². The molecule has 0 aliphatic rings. The molecule has 0 unspecified atom stereocenters. The third kappa shape index (κ3) is 3.48. The Balaban J connectivity index is 1.74. The molecular weight excluding hydrogens is 358 g/mol. The minimum atomic E-state index is -0.389. The lowest BCUT2D eigenvalue weighted by molar-refractivity contribution is 0.0931. The van der Waals surface area contributed by atoms with Crippen LogP contribution >= 0.6 is 15.9 Å². The minimum absolute atomic E-state index is 0.204. The van der Waals surface area contributed by atoms with Crippen molar-refractivity contribution in [2.45, 2.75) is 13.0 Å². The summed E-state index contributed by atoms with van der Waals surface area (Å²) in [5.41, 5.74) is 1.42. The van der Waals surface area contributed by atoms with Crippen molar-refractivity contribution in [1.29, 1.82) is 0 Å². The highest BCUT2D eigenvalue weighted by atomic mass is 79.9. The molecular formula is C17H14BrN3O2. The Bertz CT molecular complexity index is 817. The van der Waals surface area contributed by atoms with Crippen LogP contribution in [-0.4, -0.2) is 16.0 Å². The van der Waals surface area contributed by atoms with Gasteiger partial charge in [0.2, 0.25) is 11.7 Å². The highest BCUT2D eigenvalue weighted by Gasteiger charge is 2.19. The van der Waals surface area contributed by atoms with E-state index in [4.69, 9.17) is 4.52 Å². The molecule has 6 heteroatoms. The fraction of sp³-hybridized carbons (Fsp3) is 0.118. The number of hydrogen-bond donors (Lipinski definition) is 1. The van der Waals surface area contributed by atoms with E-state index in [-0.39, 0.29) is 11.9 Å². The molecule has 0 saturated carbocycles. The van der Waals surface area contributed by atoms with E-state index in [2.05, 4.69) is 31.4 Å². The van der Waals surface area contributed by atoms with Gasteiger partial charge in [0.25, 0.3) is 5.91 Å². The molecule has 0 bridgehead atoms. The number of rotatable bonds is 4. The van der Waals surface area contributed by atoms with Crippen molar-refractivity contribution in [3.63, 3.8) is 0 Å². The number of carbonyl (C=O) groups is 1. The average Bonchev–Trinajstić information content (AvgIpc) is 3.06. The van der Waals surface area contributed by atoms with E-state index in [0.717, 1.165) is 10.0 Å². The second-order valence-electron chi connectivity index (χ2n) is 5.00. The molecule has 1 N–H and O–H groups in total. The number of benzene rings is 2. The summed E-state index contributed by atoms with van der Waals surface area (Å²) in [6, 6.07) is 16.4. The molecule has 1 heterocycles. The van der Waals surface area contributed by atoms with Gasteiger partial charge in [0.1, 0.15) is 6.04 Å². The Kier molecular flexibility index (Phi) is 4.52. The van der Waals surface area contributed by atoms with Crippen LogP contribution in [0.15, 0.2) is 63.6 Å². The van der Waals surface area contributed by atoms with Crippen LogP contribution in [-0.2, 0) is 0 Å². The van der Waals surface area contributed by atoms with E-state index in [0.29, 0.717) is 17.3 Å². The van der Waals surface area contributed by atoms with Gasteiger partial charge in [-0.15, -0.1) is 0 Å². The summed E-state index contributed by atoms with van der Waals surface area (Å²) in [5, 5.41) is 6.81. The van der Waals surface area contributed by atoms with Crippen LogP contribution in [0.1, 0.15) is 29.2 Å². The fourth-order valence-corrected chi connectivity index (χ4v) is 2.56. The van der Waals surface area contributed by atoms with E-state index in [9.17, 15) is 4.79 Å². The van der Waals surface area contributed by atoms with E-state index in [1.54, 1.807) is 13.0 Å². The van der Waals surface area contributed by atoms with Gasteiger partial charge >= 0.3 is 0 Å². The van der Waals surface area contributed by atoms with E-state index in [1.165, 1.54) is 0 Å². The summed E-state index contributed by atoms with van der Waals surface area (Å²) in [4.78, 5) is 16.6. The summed E-state index contributed by atoms with van der Waals surface area (Å²) < 4.78 is 6.00. The second-order valence-corrected chi connectivity index (χ2v) is 5.85. The molecule has 3 aromatic rings. The van der Waals surface area contributed by atoms with Gasteiger partial charge in [0.15, 0.2) is 0 Å². The number of aromatic nitrogens is 2. The number of hydrogen-bond acceptors (Lipinski definition) is 4. The minimum Gasteiger partial charge on any atom is -0.340 e. The highest BCUT2D eigenvalue weighted by Crippen LogP contribution is 2.20. The molecule has 0 aliphatic heterocycles. The SMILES string of the molecule is C[C@H](NC(=O)c1ccccc1Br)c1nc(-c2ccccc2)no1. The van der Waals surface area contributed by atoms with Crippen LogP contribution in [0.3, 0.4) is 0 Å². The molecule has 1 atom stereocenters. The van der Waals surface area contributed by atoms with Crippen molar-refractivity contribution in [2.75, 3.05) is 0 Å². The van der Waals surface area contributed by atoms with E-state index >= 15 is 0 Å². The van der Waals surface area contributed by atoms with Crippen LogP contribution < -0.4 is 5.32 Å². The van der Waals surface area contributed by atoms with Crippen LogP contribution in [0.4, 0.5) is 0 Å². The first-order valence-electron chi connectivity index (χ1n) is 7.09. The van der Waals surface area contributed by atoms with Crippen molar-refractivity contribution in [1.82, 2.24) is 15.5 Å². The maximum Gasteiger partial charge on any atom is 0.253 e. The monoisotopic (exact) mass is 371 g/mol. The Morgan fingerprint density at radius 2 is 1.83 bits per heavy atom. The van der Waals surface area contributed by atoms with Crippen molar-refractivity contribution in [2.24, 2.45) is 0 Å². The Morgan fingerprint density at radius 3 is 2.57 bits per heavy atom. The first kappa shape index (κ1) is 15.4. The lowest BCUT2D eigenvalue weighted by Gasteiger charge is -2.10. The van der Waals surface area contributed by atoms with Crippen LogP contribution in [0, 0.1) is 0 Å². The summed E-state index contributed by atoms with van der Waals surface area (Å²) >= 11 is 3.37. The average molecular weight is 372 g/mol. The fourth-order valence-electron chi connectivity index (χ4n) is 2.10. The molecule has 0 fully saturated rings. The Labute approximate surface area is 141 Å². The number of carbonyl (C=O) groups excluding carboxylic acids is 1.